The molecule has 1 aromatic carbocycles. The van der Waals surface area contributed by atoms with Gasteiger partial charge in [-0.2, -0.15) is 9.57 Å². The van der Waals surface area contributed by atoms with Crippen LogP contribution in [0, 0.1) is 11.3 Å². The number of hydrogen-bond donors (Lipinski definition) is 0. The number of fused-ring (bicyclic) bond motifs is 1. The number of rotatable bonds is 3. The van der Waals surface area contributed by atoms with Gasteiger partial charge in [0.2, 0.25) is 10.0 Å². The second-order valence-corrected chi connectivity index (χ2v) is 5.79. The number of nitriles is 1. The summed E-state index contributed by atoms with van der Waals surface area (Å²) in [6.45, 7) is -0.177. The fourth-order valence-corrected chi connectivity index (χ4v) is 2.95. The molecule has 0 saturated carbocycles. The van der Waals surface area contributed by atoms with Crippen molar-refractivity contribution in [2.75, 3.05) is 13.6 Å². The van der Waals surface area contributed by atoms with Crippen molar-refractivity contribution in [2.24, 2.45) is 0 Å². The Morgan fingerprint density at radius 3 is 2.89 bits per heavy atom. The molecule has 0 saturated heterocycles. The molecule has 0 N–H and O–H groups in total. The molecule has 0 atom stereocenters. The van der Waals surface area contributed by atoms with Gasteiger partial charge in [-0.25, -0.2) is 8.42 Å². The highest BCUT2D eigenvalue weighted by Crippen LogP contribution is 2.24. The molecule has 0 aliphatic rings. The van der Waals surface area contributed by atoms with E-state index >= 15 is 0 Å². The topological polar surface area (TPSA) is 74.1 Å². The molecular formula is C12H11N3O2S. The third-order valence-electron chi connectivity index (χ3n) is 2.62. The maximum atomic E-state index is 12.3. The molecule has 1 aromatic heterocycles. The first-order valence-electron chi connectivity index (χ1n) is 5.23. The van der Waals surface area contributed by atoms with Crippen LogP contribution in [0.5, 0.6) is 0 Å². The number of sulfonamides is 1. The van der Waals surface area contributed by atoms with Gasteiger partial charge in [0.25, 0.3) is 0 Å². The summed E-state index contributed by atoms with van der Waals surface area (Å²) < 4.78 is 25.6. The normalized spacial score (nSPS) is 11.6. The van der Waals surface area contributed by atoms with E-state index in [0.717, 1.165) is 9.69 Å². The van der Waals surface area contributed by atoms with Gasteiger partial charge in [-0.1, -0.05) is 12.1 Å². The van der Waals surface area contributed by atoms with Crippen LogP contribution < -0.4 is 0 Å². The minimum absolute atomic E-state index is 0.177. The summed E-state index contributed by atoms with van der Waals surface area (Å²) in [5, 5.41) is 9.96. The molecule has 0 spiro atoms. The molecule has 0 fully saturated rings. The Morgan fingerprint density at radius 1 is 1.39 bits per heavy atom. The molecular weight excluding hydrogens is 250 g/mol. The number of pyridine rings is 1. The third-order valence-corrected chi connectivity index (χ3v) is 4.48. The van der Waals surface area contributed by atoms with Crippen molar-refractivity contribution in [3.05, 3.63) is 36.7 Å². The molecule has 6 heteroatoms. The smallest absolute Gasteiger partial charge is 0.244 e. The first kappa shape index (κ1) is 12.5. The molecule has 1 heterocycles. The molecule has 18 heavy (non-hydrogen) atoms. The predicted molar refractivity (Wildman–Crippen MR) is 67.2 cm³/mol. The first-order valence-corrected chi connectivity index (χ1v) is 6.67. The van der Waals surface area contributed by atoms with Crippen molar-refractivity contribution >= 4 is 20.8 Å². The van der Waals surface area contributed by atoms with Crippen molar-refractivity contribution in [1.29, 1.82) is 5.26 Å². The Bertz CT molecular complexity index is 714. The van der Waals surface area contributed by atoms with Crippen LogP contribution in [0.1, 0.15) is 0 Å². The maximum Gasteiger partial charge on any atom is 0.244 e. The number of nitrogens with zero attached hydrogens (tertiary/aromatic N) is 3. The van der Waals surface area contributed by atoms with Crippen molar-refractivity contribution < 1.29 is 8.42 Å². The standard InChI is InChI=1S/C12H11N3O2S/c1-15(8-6-13)18(16,17)12-4-2-3-10-9-14-7-5-11(10)12/h2-5,7,9H,8H2,1H3. The Kier molecular flexibility index (Phi) is 3.28. The van der Waals surface area contributed by atoms with Gasteiger partial charge in [-0.15, -0.1) is 0 Å². The van der Waals surface area contributed by atoms with E-state index in [0.29, 0.717) is 5.39 Å². The summed E-state index contributed by atoms with van der Waals surface area (Å²) in [4.78, 5) is 4.15. The molecule has 0 amide bonds. The average Bonchev–Trinajstić information content (AvgIpc) is 2.38. The van der Waals surface area contributed by atoms with Crippen LogP contribution in [-0.4, -0.2) is 31.3 Å². The highest BCUT2D eigenvalue weighted by molar-refractivity contribution is 7.89. The Morgan fingerprint density at radius 2 is 2.17 bits per heavy atom. The van der Waals surface area contributed by atoms with E-state index in [1.54, 1.807) is 30.6 Å². The molecule has 5 nitrogen and oxygen atoms in total. The maximum absolute atomic E-state index is 12.3. The van der Waals surface area contributed by atoms with Crippen molar-refractivity contribution in [1.82, 2.24) is 9.29 Å². The van der Waals surface area contributed by atoms with Gasteiger partial charge in [0.1, 0.15) is 6.54 Å². The van der Waals surface area contributed by atoms with Crippen molar-refractivity contribution in [2.45, 2.75) is 4.90 Å². The lowest BCUT2D eigenvalue weighted by molar-refractivity contribution is 0.502. The molecule has 0 bridgehead atoms. The number of hydrogen-bond acceptors (Lipinski definition) is 4. The van der Waals surface area contributed by atoms with E-state index in [1.807, 2.05) is 6.07 Å². The van der Waals surface area contributed by atoms with Crippen LogP contribution in [0.2, 0.25) is 0 Å². The van der Waals surface area contributed by atoms with Gasteiger partial charge in [-0.05, 0) is 12.1 Å². The first-order chi connectivity index (χ1) is 8.57. The van der Waals surface area contributed by atoms with Crippen LogP contribution in [0.3, 0.4) is 0 Å². The van der Waals surface area contributed by atoms with Gasteiger partial charge in [-0.3, -0.25) is 4.98 Å². The van der Waals surface area contributed by atoms with Crippen molar-refractivity contribution in [3.8, 4) is 6.07 Å². The second-order valence-electron chi connectivity index (χ2n) is 3.77. The highest BCUT2D eigenvalue weighted by atomic mass is 32.2. The summed E-state index contributed by atoms with van der Waals surface area (Å²) in [5.74, 6) is 0. The zero-order chi connectivity index (χ0) is 13.2. The van der Waals surface area contributed by atoms with Crippen molar-refractivity contribution in [3.63, 3.8) is 0 Å². The summed E-state index contributed by atoms with van der Waals surface area (Å²) in [5.41, 5.74) is 0. The van der Waals surface area contributed by atoms with Gasteiger partial charge < -0.3 is 0 Å². The van der Waals surface area contributed by atoms with Gasteiger partial charge >= 0.3 is 0 Å². The van der Waals surface area contributed by atoms with E-state index in [4.69, 9.17) is 5.26 Å². The van der Waals surface area contributed by atoms with E-state index in [1.165, 1.54) is 13.1 Å². The molecule has 0 aliphatic carbocycles. The molecule has 0 aliphatic heterocycles. The molecule has 92 valence electrons. The Hall–Kier alpha value is -1.97. The Labute approximate surface area is 105 Å². The lowest BCUT2D eigenvalue weighted by Crippen LogP contribution is -2.27. The lowest BCUT2D eigenvalue weighted by Gasteiger charge is -2.15. The summed E-state index contributed by atoms with van der Waals surface area (Å²) in [7, 11) is -2.26. The van der Waals surface area contributed by atoms with Crippen LogP contribution in [0.15, 0.2) is 41.6 Å². The fraction of sp³-hybridized carbons (Fsp3) is 0.167. The van der Waals surface area contributed by atoms with E-state index in [-0.39, 0.29) is 11.4 Å². The predicted octanol–water partition coefficient (Wildman–Crippen LogP) is 1.38. The van der Waals surface area contributed by atoms with Crippen LogP contribution in [0.25, 0.3) is 10.8 Å². The van der Waals surface area contributed by atoms with Crippen LogP contribution in [-0.2, 0) is 10.0 Å². The molecule has 0 radical (unpaired) electrons. The summed E-state index contributed by atoms with van der Waals surface area (Å²) >= 11 is 0. The number of benzene rings is 1. The van der Waals surface area contributed by atoms with E-state index in [2.05, 4.69) is 4.98 Å². The molecule has 0 unspecified atom stereocenters. The Balaban J connectivity index is 2.65. The van der Waals surface area contributed by atoms with E-state index < -0.39 is 10.0 Å². The van der Waals surface area contributed by atoms with Crippen LogP contribution >= 0.6 is 0 Å². The SMILES string of the molecule is CN(CC#N)S(=O)(=O)c1cccc2cnccc12. The van der Waals surface area contributed by atoms with E-state index in [9.17, 15) is 8.42 Å². The van der Waals surface area contributed by atoms with Gasteiger partial charge in [0.15, 0.2) is 0 Å². The fourth-order valence-electron chi connectivity index (χ4n) is 1.67. The largest absolute Gasteiger partial charge is 0.264 e. The van der Waals surface area contributed by atoms with Crippen LogP contribution in [0.4, 0.5) is 0 Å². The average molecular weight is 261 g/mol. The lowest BCUT2D eigenvalue weighted by atomic mass is 10.2. The minimum Gasteiger partial charge on any atom is -0.264 e. The quantitative estimate of drug-likeness (QED) is 0.782. The summed E-state index contributed by atoms with van der Waals surface area (Å²) in [6.07, 6.45) is 3.16. The third kappa shape index (κ3) is 2.06. The van der Waals surface area contributed by atoms with Gasteiger partial charge in [0, 0.05) is 30.2 Å². The highest BCUT2D eigenvalue weighted by Gasteiger charge is 2.22. The zero-order valence-corrected chi connectivity index (χ0v) is 10.6. The molecule has 2 rings (SSSR count). The van der Waals surface area contributed by atoms with Gasteiger partial charge in [0.05, 0.1) is 11.0 Å². The monoisotopic (exact) mass is 261 g/mol. The number of aromatic nitrogens is 1. The minimum atomic E-state index is -3.64. The molecule has 2 aromatic rings. The second kappa shape index (κ2) is 4.72. The summed E-state index contributed by atoms with van der Waals surface area (Å²) in [6, 6.07) is 8.48. The zero-order valence-electron chi connectivity index (χ0n) is 9.74.